The van der Waals surface area contributed by atoms with Crippen LogP contribution in [0.2, 0.25) is 0 Å². The van der Waals surface area contributed by atoms with Crippen LogP contribution >= 0.6 is 15.9 Å². The van der Waals surface area contributed by atoms with Gasteiger partial charge >= 0.3 is 0 Å². The van der Waals surface area contributed by atoms with E-state index in [2.05, 4.69) is 41.1 Å². The molecule has 1 fully saturated rings. The fourth-order valence-electron chi connectivity index (χ4n) is 2.48. The molecule has 94 valence electrons. The van der Waals surface area contributed by atoms with E-state index >= 15 is 0 Å². The topological polar surface area (TPSA) is 35.2 Å². The molecule has 2 nitrogen and oxygen atoms in total. The maximum atomic E-state index is 6.33. The van der Waals surface area contributed by atoms with Crippen LogP contribution in [-0.2, 0) is 4.74 Å². The molecule has 1 saturated heterocycles. The SMILES string of the molecule is Cc1ccc(Br)cc1C(N)CC1CCOCC1. The summed E-state index contributed by atoms with van der Waals surface area (Å²) in [5.74, 6) is 0.720. The molecular formula is C14H20BrNO. The van der Waals surface area contributed by atoms with Crippen LogP contribution in [0.3, 0.4) is 0 Å². The highest BCUT2D eigenvalue weighted by molar-refractivity contribution is 9.10. The maximum Gasteiger partial charge on any atom is 0.0468 e. The van der Waals surface area contributed by atoms with Crippen molar-refractivity contribution < 1.29 is 4.74 Å². The molecule has 1 aliphatic rings. The van der Waals surface area contributed by atoms with Crippen molar-refractivity contribution in [1.82, 2.24) is 0 Å². The van der Waals surface area contributed by atoms with Crippen molar-refractivity contribution in [1.29, 1.82) is 0 Å². The lowest BCUT2D eigenvalue weighted by atomic mass is 9.88. The number of aryl methyl sites for hydroxylation is 1. The Bertz CT molecular complexity index is 374. The number of rotatable bonds is 3. The lowest BCUT2D eigenvalue weighted by molar-refractivity contribution is 0.0618. The van der Waals surface area contributed by atoms with Gasteiger partial charge in [-0.1, -0.05) is 22.0 Å². The van der Waals surface area contributed by atoms with Gasteiger partial charge < -0.3 is 10.5 Å². The van der Waals surface area contributed by atoms with E-state index in [9.17, 15) is 0 Å². The quantitative estimate of drug-likeness (QED) is 0.926. The zero-order chi connectivity index (χ0) is 12.3. The standard InChI is InChI=1S/C14H20BrNO/c1-10-2-3-12(15)9-13(10)14(16)8-11-4-6-17-7-5-11/h2-3,9,11,14H,4-8,16H2,1H3. The summed E-state index contributed by atoms with van der Waals surface area (Å²) in [6.07, 6.45) is 3.38. The lowest BCUT2D eigenvalue weighted by Gasteiger charge is -2.25. The largest absolute Gasteiger partial charge is 0.381 e. The third-order valence-corrected chi connectivity index (χ3v) is 4.06. The Hall–Kier alpha value is -0.380. The Balaban J connectivity index is 2.02. The summed E-state index contributed by atoms with van der Waals surface area (Å²) in [6, 6.07) is 6.50. The molecule has 1 aliphatic heterocycles. The van der Waals surface area contributed by atoms with E-state index in [4.69, 9.17) is 10.5 Å². The Labute approximate surface area is 112 Å². The minimum absolute atomic E-state index is 0.149. The molecule has 1 aromatic carbocycles. The molecule has 0 amide bonds. The monoisotopic (exact) mass is 297 g/mol. The average molecular weight is 298 g/mol. The average Bonchev–Trinajstić information content (AvgIpc) is 2.33. The van der Waals surface area contributed by atoms with Crippen molar-refractivity contribution in [3.63, 3.8) is 0 Å². The molecule has 1 aromatic rings. The lowest BCUT2D eigenvalue weighted by Crippen LogP contribution is -2.22. The molecule has 1 heterocycles. The number of halogens is 1. The van der Waals surface area contributed by atoms with E-state index in [0.29, 0.717) is 0 Å². The Morgan fingerprint density at radius 2 is 2.12 bits per heavy atom. The summed E-state index contributed by atoms with van der Waals surface area (Å²) < 4.78 is 6.49. The van der Waals surface area contributed by atoms with Gasteiger partial charge in [-0.05, 0) is 55.4 Å². The number of hydrogen-bond donors (Lipinski definition) is 1. The third-order valence-electron chi connectivity index (χ3n) is 3.57. The van der Waals surface area contributed by atoms with Crippen molar-refractivity contribution in [2.75, 3.05) is 13.2 Å². The highest BCUT2D eigenvalue weighted by atomic mass is 79.9. The molecule has 2 rings (SSSR count). The molecule has 1 atom stereocenters. The zero-order valence-electron chi connectivity index (χ0n) is 10.3. The van der Waals surface area contributed by atoms with Gasteiger partial charge in [0.05, 0.1) is 0 Å². The van der Waals surface area contributed by atoms with Gasteiger partial charge in [0.15, 0.2) is 0 Å². The molecule has 1 unspecified atom stereocenters. The smallest absolute Gasteiger partial charge is 0.0468 e. The molecule has 2 N–H and O–H groups in total. The number of nitrogens with two attached hydrogens (primary N) is 1. The highest BCUT2D eigenvalue weighted by Gasteiger charge is 2.19. The van der Waals surface area contributed by atoms with Crippen LogP contribution in [0.4, 0.5) is 0 Å². The van der Waals surface area contributed by atoms with E-state index in [0.717, 1.165) is 42.9 Å². The van der Waals surface area contributed by atoms with E-state index in [-0.39, 0.29) is 6.04 Å². The third kappa shape index (κ3) is 3.54. The predicted octanol–water partition coefficient (Wildman–Crippen LogP) is 3.57. The fraction of sp³-hybridized carbons (Fsp3) is 0.571. The van der Waals surface area contributed by atoms with E-state index < -0.39 is 0 Å². The molecule has 0 aliphatic carbocycles. The zero-order valence-corrected chi connectivity index (χ0v) is 11.9. The first-order valence-electron chi connectivity index (χ1n) is 6.26. The second-order valence-corrected chi connectivity index (χ2v) is 5.81. The van der Waals surface area contributed by atoms with Crippen LogP contribution in [0.25, 0.3) is 0 Å². The maximum absolute atomic E-state index is 6.33. The molecular weight excluding hydrogens is 278 g/mol. The highest BCUT2D eigenvalue weighted by Crippen LogP contribution is 2.29. The second-order valence-electron chi connectivity index (χ2n) is 4.90. The molecule has 0 bridgehead atoms. The van der Waals surface area contributed by atoms with E-state index in [1.807, 2.05) is 0 Å². The summed E-state index contributed by atoms with van der Waals surface area (Å²) in [5, 5.41) is 0. The summed E-state index contributed by atoms with van der Waals surface area (Å²) >= 11 is 3.51. The summed E-state index contributed by atoms with van der Waals surface area (Å²) in [4.78, 5) is 0. The van der Waals surface area contributed by atoms with Crippen LogP contribution in [0.15, 0.2) is 22.7 Å². The molecule has 0 saturated carbocycles. The van der Waals surface area contributed by atoms with Crippen LogP contribution in [0.5, 0.6) is 0 Å². The van der Waals surface area contributed by atoms with Crippen LogP contribution in [0, 0.1) is 12.8 Å². The van der Waals surface area contributed by atoms with Gasteiger partial charge in [0.25, 0.3) is 0 Å². The second kappa shape index (κ2) is 5.98. The number of ether oxygens (including phenoxy) is 1. The van der Waals surface area contributed by atoms with Crippen LogP contribution in [0.1, 0.15) is 36.4 Å². The van der Waals surface area contributed by atoms with Gasteiger partial charge in [0.2, 0.25) is 0 Å². The van der Waals surface area contributed by atoms with Crippen molar-refractivity contribution in [3.8, 4) is 0 Å². The van der Waals surface area contributed by atoms with Crippen molar-refractivity contribution in [2.24, 2.45) is 11.7 Å². The van der Waals surface area contributed by atoms with Crippen LogP contribution in [-0.4, -0.2) is 13.2 Å². The minimum Gasteiger partial charge on any atom is -0.381 e. The van der Waals surface area contributed by atoms with E-state index in [1.54, 1.807) is 0 Å². The summed E-state index contributed by atoms with van der Waals surface area (Å²) in [6.45, 7) is 3.93. The van der Waals surface area contributed by atoms with Gasteiger partial charge in [-0.2, -0.15) is 0 Å². The fourth-order valence-corrected chi connectivity index (χ4v) is 2.86. The molecule has 3 heteroatoms. The molecule has 0 aromatic heterocycles. The summed E-state index contributed by atoms with van der Waals surface area (Å²) in [5.41, 5.74) is 8.89. The molecule has 17 heavy (non-hydrogen) atoms. The van der Waals surface area contributed by atoms with Gasteiger partial charge in [0, 0.05) is 23.7 Å². The first-order valence-corrected chi connectivity index (χ1v) is 7.05. The Morgan fingerprint density at radius 1 is 1.41 bits per heavy atom. The number of hydrogen-bond acceptors (Lipinski definition) is 2. The van der Waals surface area contributed by atoms with Crippen LogP contribution < -0.4 is 5.73 Å². The Kier molecular flexibility index (Phi) is 4.60. The van der Waals surface area contributed by atoms with Gasteiger partial charge in [0.1, 0.15) is 0 Å². The van der Waals surface area contributed by atoms with Gasteiger partial charge in [-0.3, -0.25) is 0 Å². The Morgan fingerprint density at radius 3 is 2.82 bits per heavy atom. The first-order chi connectivity index (χ1) is 8.16. The molecule has 0 spiro atoms. The number of benzene rings is 1. The van der Waals surface area contributed by atoms with Crippen molar-refractivity contribution in [2.45, 2.75) is 32.2 Å². The minimum atomic E-state index is 0.149. The predicted molar refractivity (Wildman–Crippen MR) is 74.0 cm³/mol. The normalized spacial score (nSPS) is 19.2. The summed E-state index contributed by atoms with van der Waals surface area (Å²) in [7, 11) is 0. The van der Waals surface area contributed by atoms with Gasteiger partial charge in [-0.25, -0.2) is 0 Å². The van der Waals surface area contributed by atoms with Crippen molar-refractivity contribution >= 4 is 15.9 Å². The van der Waals surface area contributed by atoms with Crippen molar-refractivity contribution in [3.05, 3.63) is 33.8 Å². The first kappa shape index (κ1) is 13.1. The van der Waals surface area contributed by atoms with E-state index in [1.165, 1.54) is 11.1 Å². The van der Waals surface area contributed by atoms with Gasteiger partial charge in [-0.15, -0.1) is 0 Å². The molecule has 0 radical (unpaired) electrons.